The highest BCUT2D eigenvalue weighted by molar-refractivity contribution is 6.02. The van der Waals surface area contributed by atoms with Crippen molar-refractivity contribution in [2.24, 2.45) is 0 Å². The molecular weight excluding hydrogens is 464 g/mol. The van der Waals surface area contributed by atoms with Crippen LogP contribution in [0.3, 0.4) is 0 Å². The van der Waals surface area contributed by atoms with Gasteiger partial charge in [-0.3, -0.25) is 4.79 Å². The lowest BCUT2D eigenvalue weighted by Gasteiger charge is -2.39. The molecule has 0 radical (unpaired) electrons. The van der Waals surface area contributed by atoms with Crippen molar-refractivity contribution in [3.05, 3.63) is 41.5 Å². The van der Waals surface area contributed by atoms with E-state index >= 15 is 0 Å². The second-order valence-electron chi connectivity index (χ2n) is 8.16. The van der Waals surface area contributed by atoms with Crippen LogP contribution in [0.15, 0.2) is 30.3 Å². The van der Waals surface area contributed by atoms with Crippen LogP contribution in [-0.2, 0) is 4.74 Å². The molecule has 0 amide bonds. The van der Waals surface area contributed by atoms with E-state index in [0.29, 0.717) is 28.4 Å². The molecule has 11 heteroatoms. The van der Waals surface area contributed by atoms with Gasteiger partial charge in [0.25, 0.3) is 0 Å². The minimum atomic E-state index is -1.60. The van der Waals surface area contributed by atoms with Crippen LogP contribution >= 0.6 is 0 Å². The van der Waals surface area contributed by atoms with Crippen molar-refractivity contribution >= 4 is 5.78 Å². The fraction of sp³-hybridized carbons (Fsp3) is 0.458. The third kappa shape index (κ3) is 4.73. The number of rotatable bonds is 7. The molecule has 190 valence electrons. The van der Waals surface area contributed by atoms with Gasteiger partial charge in [-0.05, 0) is 17.7 Å². The van der Waals surface area contributed by atoms with Crippen LogP contribution in [0.4, 0.5) is 0 Å². The predicted octanol–water partition coefficient (Wildman–Crippen LogP) is 0.598. The molecule has 0 aromatic heterocycles. The fourth-order valence-corrected chi connectivity index (χ4v) is 4.14. The van der Waals surface area contributed by atoms with Gasteiger partial charge in [0, 0.05) is 12.1 Å². The average molecular weight is 492 g/mol. The van der Waals surface area contributed by atoms with E-state index in [0.717, 1.165) is 0 Å². The van der Waals surface area contributed by atoms with Crippen LogP contribution in [-0.4, -0.2) is 84.9 Å². The van der Waals surface area contributed by atoms with Crippen LogP contribution in [0.2, 0.25) is 0 Å². The van der Waals surface area contributed by atoms with Crippen molar-refractivity contribution in [3.8, 4) is 28.7 Å². The first kappa shape index (κ1) is 25.0. The molecule has 1 unspecified atom stereocenters. The number of ether oxygens (including phenoxy) is 6. The Bertz CT molecular complexity index is 1070. The summed E-state index contributed by atoms with van der Waals surface area (Å²) in [7, 11) is 4.38. The summed E-state index contributed by atoms with van der Waals surface area (Å²) in [6.45, 7) is -0.591. The summed E-state index contributed by atoms with van der Waals surface area (Å²) in [6, 6.07) is 8.10. The summed E-state index contributed by atoms with van der Waals surface area (Å²) in [5, 5.41) is 39.8. The first-order valence-electron chi connectivity index (χ1n) is 10.9. The van der Waals surface area contributed by atoms with E-state index in [9.17, 15) is 25.2 Å². The Kier molecular flexibility index (Phi) is 7.33. The summed E-state index contributed by atoms with van der Waals surface area (Å²) in [5.41, 5.74) is 0.905. The summed E-state index contributed by atoms with van der Waals surface area (Å²) < 4.78 is 33.3. The van der Waals surface area contributed by atoms with Gasteiger partial charge in [-0.15, -0.1) is 0 Å². The van der Waals surface area contributed by atoms with Crippen LogP contribution in [0, 0.1) is 0 Å². The minimum Gasteiger partial charge on any atom is -0.496 e. The second kappa shape index (κ2) is 10.3. The third-order valence-corrected chi connectivity index (χ3v) is 6.07. The molecule has 2 aliphatic heterocycles. The number of methoxy groups -OCH3 is 3. The molecule has 4 rings (SSSR count). The number of fused-ring (bicyclic) bond motifs is 1. The molecule has 2 aromatic rings. The Balaban J connectivity index is 1.63. The number of benzene rings is 2. The maximum atomic E-state index is 13.0. The quantitative estimate of drug-likeness (QED) is 0.430. The Hall–Kier alpha value is -3.09. The van der Waals surface area contributed by atoms with Crippen molar-refractivity contribution in [3.63, 3.8) is 0 Å². The molecule has 2 aromatic carbocycles. The summed E-state index contributed by atoms with van der Waals surface area (Å²) in [6.07, 6.45) is -7.89. The lowest BCUT2D eigenvalue weighted by molar-refractivity contribution is -0.277. The molecule has 1 fully saturated rings. The number of Topliss-reactive ketones (excluding diaryl/α,β-unsaturated/α-hetero) is 1. The molecule has 0 aliphatic carbocycles. The molecular formula is C24H28O11. The minimum absolute atomic E-state index is 0.0293. The molecule has 6 atom stereocenters. The molecule has 2 heterocycles. The third-order valence-electron chi connectivity index (χ3n) is 6.07. The number of hydrogen-bond acceptors (Lipinski definition) is 11. The van der Waals surface area contributed by atoms with E-state index in [4.69, 9.17) is 28.4 Å². The van der Waals surface area contributed by atoms with Crippen molar-refractivity contribution in [2.75, 3.05) is 27.9 Å². The van der Waals surface area contributed by atoms with E-state index in [1.807, 2.05) is 0 Å². The Morgan fingerprint density at radius 3 is 2.31 bits per heavy atom. The molecule has 35 heavy (non-hydrogen) atoms. The monoisotopic (exact) mass is 492 g/mol. The van der Waals surface area contributed by atoms with Gasteiger partial charge in [-0.2, -0.15) is 0 Å². The molecule has 0 saturated carbocycles. The van der Waals surface area contributed by atoms with Crippen LogP contribution in [0.5, 0.6) is 28.7 Å². The highest BCUT2D eigenvalue weighted by atomic mass is 16.7. The molecule has 4 N–H and O–H groups in total. The Morgan fingerprint density at radius 1 is 0.914 bits per heavy atom. The highest BCUT2D eigenvalue weighted by Gasteiger charge is 2.45. The van der Waals surface area contributed by atoms with Gasteiger partial charge in [-0.1, -0.05) is 6.07 Å². The first-order valence-corrected chi connectivity index (χ1v) is 10.9. The Morgan fingerprint density at radius 2 is 1.66 bits per heavy atom. The topological polar surface area (TPSA) is 153 Å². The predicted molar refractivity (Wildman–Crippen MR) is 119 cm³/mol. The zero-order chi connectivity index (χ0) is 25.3. The van der Waals surface area contributed by atoms with Crippen molar-refractivity contribution in [1.82, 2.24) is 0 Å². The molecule has 0 spiro atoms. The average Bonchev–Trinajstić information content (AvgIpc) is 2.87. The van der Waals surface area contributed by atoms with Crippen molar-refractivity contribution in [1.29, 1.82) is 0 Å². The number of carbonyl (C=O) groups excluding carboxylic acids is 1. The van der Waals surface area contributed by atoms with E-state index in [2.05, 4.69) is 0 Å². The lowest BCUT2D eigenvalue weighted by atomic mass is 9.95. The summed E-state index contributed by atoms with van der Waals surface area (Å²) >= 11 is 0. The number of aliphatic hydroxyl groups excluding tert-OH is 4. The van der Waals surface area contributed by atoms with Gasteiger partial charge in [0.2, 0.25) is 6.29 Å². The maximum absolute atomic E-state index is 13.0. The van der Waals surface area contributed by atoms with Gasteiger partial charge in [0.05, 0.1) is 34.4 Å². The SMILES string of the molecule is COc1cc(OC)c2c(c1)OC(c1ccc(OC)c(O[C@@H]3O[C@H](CO)[C@@H](O)[C@H](O)[C@H]3O)c1)CC2=O. The first-order chi connectivity index (χ1) is 16.8. The number of carbonyl (C=O) groups is 1. The largest absolute Gasteiger partial charge is 0.496 e. The Labute approximate surface area is 201 Å². The van der Waals surface area contributed by atoms with Gasteiger partial charge in [0.1, 0.15) is 53.3 Å². The number of aliphatic hydroxyl groups is 4. The van der Waals surface area contributed by atoms with Gasteiger partial charge in [0.15, 0.2) is 17.3 Å². The maximum Gasteiger partial charge on any atom is 0.229 e. The van der Waals surface area contributed by atoms with Crippen LogP contribution in [0.25, 0.3) is 0 Å². The van der Waals surface area contributed by atoms with Crippen molar-refractivity contribution in [2.45, 2.75) is 43.2 Å². The van der Waals surface area contributed by atoms with Gasteiger partial charge >= 0.3 is 0 Å². The normalized spacial score (nSPS) is 28.0. The highest BCUT2D eigenvalue weighted by Crippen LogP contribution is 2.43. The standard InChI is InChI=1S/C24H28O11/c1-30-12-7-17(32-3)20-13(26)9-15(33-18(20)8-12)11-4-5-14(31-2)16(6-11)34-24-23(29)22(28)21(27)19(10-25)35-24/h4-8,15,19,21-25,27-29H,9-10H2,1-3H3/t15?,19-,21-,22+,23-,24-/m1/s1. The molecule has 11 nitrogen and oxygen atoms in total. The summed E-state index contributed by atoms with van der Waals surface area (Å²) in [5.74, 6) is 1.38. The zero-order valence-corrected chi connectivity index (χ0v) is 19.4. The van der Waals surface area contributed by atoms with E-state index < -0.39 is 43.4 Å². The molecule has 2 aliphatic rings. The molecule has 0 bridgehead atoms. The smallest absolute Gasteiger partial charge is 0.229 e. The van der Waals surface area contributed by atoms with Crippen LogP contribution in [0.1, 0.15) is 28.4 Å². The van der Waals surface area contributed by atoms with E-state index in [1.165, 1.54) is 21.3 Å². The lowest BCUT2D eigenvalue weighted by Crippen LogP contribution is -2.60. The van der Waals surface area contributed by atoms with Gasteiger partial charge in [-0.25, -0.2) is 0 Å². The van der Waals surface area contributed by atoms with Crippen LogP contribution < -0.4 is 23.7 Å². The second-order valence-corrected chi connectivity index (χ2v) is 8.16. The fourth-order valence-electron chi connectivity index (χ4n) is 4.14. The van der Waals surface area contributed by atoms with Gasteiger partial charge < -0.3 is 48.8 Å². The van der Waals surface area contributed by atoms with Crippen molar-refractivity contribution < 1.29 is 53.6 Å². The zero-order valence-electron chi connectivity index (χ0n) is 19.4. The molecule has 1 saturated heterocycles. The number of hydrogen-bond donors (Lipinski definition) is 4. The van der Waals surface area contributed by atoms with E-state index in [-0.39, 0.29) is 23.7 Å². The summed E-state index contributed by atoms with van der Waals surface area (Å²) in [4.78, 5) is 13.0. The van der Waals surface area contributed by atoms with E-state index in [1.54, 1.807) is 30.3 Å². The number of ketones is 1.